The minimum Gasteiger partial charge on any atom is -0.313 e. The van der Waals surface area contributed by atoms with E-state index in [4.69, 9.17) is 0 Å². The van der Waals surface area contributed by atoms with E-state index in [1.165, 1.54) is 31.2 Å². The van der Waals surface area contributed by atoms with Crippen molar-refractivity contribution < 1.29 is 12.6 Å². The van der Waals surface area contributed by atoms with Crippen molar-refractivity contribution >= 4 is 20.6 Å². The van der Waals surface area contributed by atoms with Gasteiger partial charge < -0.3 is 5.32 Å². The van der Waals surface area contributed by atoms with E-state index < -0.39 is 20.6 Å². The molecule has 0 aliphatic heterocycles. The number of benzene rings is 1. The summed E-state index contributed by atoms with van der Waals surface area (Å²) in [5.74, 6) is 1.24. The second-order valence-electron chi connectivity index (χ2n) is 5.26. The second-order valence-corrected chi connectivity index (χ2v) is 8.77. The van der Waals surface area contributed by atoms with Gasteiger partial charge in [-0.15, -0.1) is 0 Å². The van der Waals surface area contributed by atoms with Crippen LogP contribution in [-0.4, -0.2) is 37.2 Å². The first-order valence-corrected chi connectivity index (χ1v) is 10.0. The fourth-order valence-corrected chi connectivity index (χ4v) is 4.20. The number of rotatable bonds is 7. The molecule has 20 heavy (non-hydrogen) atoms. The highest BCUT2D eigenvalue weighted by molar-refractivity contribution is 7.90. The topological polar surface area (TPSA) is 63.2 Å². The second kappa shape index (κ2) is 6.37. The van der Waals surface area contributed by atoms with Gasteiger partial charge in [-0.1, -0.05) is 6.92 Å². The van der Waals surface area contributed by atoms with Crippen LogP contribution in [-0.2, 0) is 20.6 Å². The van der Waals surface area contributed by atoms with E-state index in [1.54, 1.807) is 12.1 Å². The third kappa shape index (κ3) is 4.14. The van der Waals surface area contributed by atoms with Crippen LogP contribution in [0.3, 0.4) is 0 Å². The third-order valence-electron chi connectivity index (χ3n) is 3.50. The van der Waals surface area contributed by atoms with E-state index in [0.717, 1.165) is 6.54 Å². The lowest BCUT2D eigenvalue weighted by Gasteiger charge is -2.16. The predicted molar refractivity (Wildman–Crippen MR) is 81.0 cm³/mol. The quantitative estimate of drug-likeness (QED) is 0.830. The molecular formula is C14H21NO3S2. The van der Waals surface area contributed by atoms with Crippen LogP contribution < -0.4 is 5.32 Å². The summed E-state index contributed by atoms with van der Waals surface area (Å²) in [6.07, 6.45) is 3.59. The third-order valence-corrected chi connectivity index (χ3v) is 6.09. The number of hydrogen-bond acceptors (Lipinski definition) is 4. The number of sulfone groups is 1. The first-order chi connectivity index (χ1) is 9.41. The summed E-state index contributed by atoms with van der Waals surface area (Å²) >= 11 is 0. The van der Waals surface area contributed by atoms with E-state index in [1.807, 2.05) is 0 Å². The van der Waals surface area contributed by atoms with Crippen molar-refractivity contribution in [3.8, 4) is 0 Å². The Morgan fingerprint density at radius 1 is 1.30 bits per heavy atom. The van der Waals surface area contributed by atoms with Gasteiger partial charge in [-0.2, -0.15) is 0 Å². The lowest BCUT2D eigenvalue weighted by Crippen LogP contribution is -2.35. The van der Waals surface area contributed by atoms with Crippen molar-refractivity contribution in [1.82, 2.24) is 5.32 Å². The molecule has 0 saturated heterocycles. The SMILES string of the molecule is CCNC(CS(=O)c1ccc(S(C)(=O)=O)cc1)C1CC1. The zero-order valence-electron chi connectivity index (χ0n) is 11.8. The molecule has 0 amide bonds. The highest BCUT2D eigenvalue weighted by Crippen LogP contribution is 2.33. The molecule has 2 atom stereocenters. The van der Waals surface area contributed by atoms with Crippen LogP contribution in [0, 0.1) is 5.92 Å². The van der Waals surface area contributed by atoms with E-state index in [-0.39, 0.29) is 4.90 Å². The summed E-state index contributed by atoms with van der Waals surface area (Å²) in [5.41, 5.74) is 0. The van der Waals surface area contributed by atoms with Gasteiger partial charge in [0.2, 0.25) is 0 Å². The normalized spacial score (nSPS) is 18.7. The molecule has 6 heteroatoms. The van der Waals surface area contributed by atoms with Crippen molar-refractivity contribution in [3.05, 3.63) is 24.3 Å². The lowest BCUT2D eigenvalue weighted by molar-refractivity contribution is 0.514. The van der Waals surface area contributed by atoms with Crippen molar-refractivity contribution in [1.29, 1.82) is 0 Å². The lowest BCUT2D eigenvalue weighted by atomic mass is 10.2. The number of hydrogen-bond donors (Lipinski definition) is 1. The van der Waals surface area contributed by atoms with Crippen molar-refractivity contribution in [2.75, 3.05) is 18.6 Å². The Hall–Kier alpha value is -0.720. The zero-order chi connectivity index (χ0) is 14.8. The van der Waals surface area contributed by atoms with E-state index in [0.29, 0.717) is 22.6 Å². The molecule has 0 radical (unpaired) electrons. The maximum absolute atomic E-state index is 12.3. The van der Waals surface area contributed by atoms with Gasteiger partial charge in [0, 0.05) is 22.9 Å². The van der Waals surface area contributed by atoms with E-state index in [2.05, 4.69) is 12.2 Å². The minimum absolute atomic E-state index is 0.267. The van der Waals surface area contributed by atoms with Crippen LogP contribution in [0.5, 0.6) is 0 Å². The highest BCUT2D eigenvalue weighted by Gasteiger charge is 2.31. The Morgan fingerprint density at radius 3 is 2.35 bits per heavy atom. The van der Waals surface area contributed by atoms with Crippen molar-refractivity contribution in [2.45, 2.75) is 35.6 Å². The highest BCUT2D eigenvalue weighted by atomic mass is 32.2. The van der Waals surface area contributed by atoms with Crippen LogP contribution >= 0.6 is 0 Å². The van der Waals surface area contributed by atoms with Gasteiger partial charge in [0.1, 0.15) is 0 Å². The fourth-order valence-electron chi connectivity index (χ4n) is 2.22. The van der Waals surface area contributed by atoms with Crippen LogP contribution in [0.4, 0.5) is 0 Å². The van der Waals surface area contributed by atoms with Crippen LogP contribution in [0.15, 0.2) is 34.1 Å². The average Bonchev–Trinajstić information content (AvgIpc) is 3.21. The van der Waals surface area contributed by atoms with E-state index >= 15 is 0 Å². The van der Waals surface area contributed by atoms with Gasteiger partial charge in [-0.3, -0.25) is 4.21 Å². The van der Waals surface area contributed by atoms with Gasteiger partial charge in [-0.25, -0.2) is 8.42 Å². The van der Waals surface area contributed by atoms with Crippen LogP contribution in [0.2, 0.25) is 0 Å². The summed E-state index contributed by atoms with van der Waals surface area (Å²) in [4.78, 5) is 0.963. The average molecular weight is 315 g/mol. The van der Waals surface area contributed by atoms with E-state index in [9.17, 15) is 12.6 Å². The predicted octanol–water partition coefficient (Wildman–Crippen LogP) is 1.59. The molecular weight excluding hydrogens is 294 g/mol. The monoisotopic (exact) mass is 315 g/mol. The van der Waals surface area contributed by atoms with Gasteiger partial charge >= 0.3 is 0 Å². The molecule has 1 aromatic carbocycles. The molecule has 1 aromatic rings. The molecule has 1 saturated carbocycles. The maximum atomic E-state index is 12.3. The summed E-state index contributed by atoms with van der Waals surface area (Å²) in [6.45, 7) is 2.94. The van der Waals surface area contributed by atoms with Gasteiger partial charge in [0.15, 0.2) is 9.84 Å². The van der Waals surface area contributed by atoms with Crippen LogP contribution in [0.25, 0.3) is 0 Å². The molecule has 4 nitrogen and oxygen atoms in total. The summed E-state index contributed by atoms with van der Waals surface area (Å²) in [5, 5.41) is 3.39. The van der Waals surface area contributed by atoms with Crippen molar-refractivity contribution in [2.24, 2.45) is 5.92 Å². The Balaban J connectivity index is 2.05. The van der Waals surface area contributed by atoms with Crippen molar-refractivity contribution in [3.63, 3.8) is 0 Å². The van der Waals surface area contributed by atoms with Gasteiger partial charge in [0.05, 0.1) is 15.7 Å². The molecule has 1 aliphatic carbocycles. The molecule has 112 valence electrons. The zero-order valence-corrected chi connectivity index (χ0v) is 13.5. The maximum Gasteiger partial charge on any atom is 0.175 e. The standard InChI is InChI=1S/C14H21NO3S2/c1-3-15-14(11-4-5-11)10-19(16)12-6-8-13(9-7-12)20(2,17)18/h6-9,11,14-15H,3-5,10H2,1-2H3. The molecule has 0 spiro atoms. The Labute approximate surface area is 123 Å². The Kier molecular flexibility index (Phi) is 4.99. The molecule has 2 rings (SSSR count). The summed E-state index contributed by atoms with van der Waals surface area (Å²) in [7, 11) is -4.28. The molecule has 0 bridgehead atoms. The number of nitrogens with one attached hydrogen (secondary N) is 1. The molecule has 1 N–H and O–H groups in total. The van der Waals surface area contributed by atoms with Gasteiger partial charge in [-0.05, 0) is 49.6 Å². The fraction of sp³-hybridized carbons (Fsp3) is 0.571. The van der Waals surface area contributed by atoms with Crippen LogP contribution in [0.1, 0.15) is 19.8 Å². The smallest absolute Gasteiger partial charge is 0.175 e. The Bertz CT molecular complexity index is 577. The summed E-state index contributed by atoms with van der Waals surface area (Å²) < 4.78 is 35.1. The molecule has 0 heterocycles. The molecule has 1 aliphatic rings. The Morgan fingerprint density at radius 2 is 1.90 bits per heavy atom. The minimum atomic E-state index is -3.19. The van der Waals surface area contributed by atoms with Gasteiger partial charge in [0.25, 0.3) is 0 Å². The largest absolute Gasteiger partial charge is 0.313 e. The first kappa shape index (κ1) is 15.7. The first-order valence-electron chi connectivity index (χ1n) is 6.83. The molecule has 0 aromatic heterocycles. The molecule has 1 fully saturated rings. The summed E-state index contributed by atoms with van der Waals surface area (Å²) in [6, 6.07) is 6.67. The molecule has 2 unspecified atom stereocenters.